The molecule has 0 aromatic heterocycles. The highest BCUT2D eigenvalue weighted by atomic mass is 79.9. The lowest BCUT2D eigenvalue weighted by Gasteiger charge is -2.05. The molecule has 130 valence electrons. The van der Waals surface area contributed by atoms with Crippen LogP contribution in [-0.4, -0.2) is 12.5 Å². The molecule has 0 spiro atoms. The first kappa shape index (κ1) is 19.6. The van der Waals surface area contributed by atoms with Gasteiger partial charge in [-0.3, -0.25) is 4.79 Å². The fourth-order valence-electron chi connectivity index (χ4n) is 2.49. The lowest BCUT2D eigenvalue weighted by atomic mass is 10.1. The molecule has 2 rings (SSSR count). The molecule has 24 heavy (non-hydrogen) atoms. The van der Waals surface area contributed by atoms with E-state index in [0.29, 0.717) is 34.3 Å². The van der Waals surface area contributed by atoms with Gasteiger partial charge in [-0.25, -0.2) is 0 Å². The SMILES string of the molecule is CC(C=C[C@@H]1C[C@H]1c1cc(Cl)c(Br)c(Cl)c1)=CC(=O)NCC(C)C. The second kappa shape index (κ2) is 8.55. The van der Waals surface area contributed by atoms with Crippen LogP contribution in [0.15, 0.2) is 40.4 Å². The zero-order chi connectivity index (χ0) is 17.9. The van der Waals surface area contributed by atoms with E-state index < -0.39 is 0 Å². The van der Waals surface area contributed by atoms with Gasteiger partial charge >= 0.3 is 0 Å². The Hall–Kier alpha value is -0.770. The van der Waals surface area contributed by atoms with Crippen molar-refractivity contribution in [3.05, 3.63) is 56.0 Å². The molecule has 1 aromatic rings. The maximum Gasteiger partial charge on any atom is 0.244 e. The summed E-state index contributed by atoms with van der Waals surface area (Å²) in [5, 5.41) is 4.17. The number of carbonyl (C=O) groups excluding carboxylic acids is 1. The van der Waals surface area contributed by atoms with Gasteiger partial charge < -0.3 is 5.32 Å². The summed E-state index contributed by atoms with van der Waals surface area (Å²) >= 11 is 15.7. The molecule has 1 aliphatic carbocycles. The molecule has 1 N–H and O–H groups in total. The van der Waals surface area contributed by atoms with Gasteiger partial charge in [0.1, 0.15) is 0 Å². The number of rotatable bonds is 6. The highest BCUT2D eigenvalue weighted by molar-refractivity contribution is 9.10. The van der Waals surface area contributed by atoms with E-state index in [0.717, 1.165) is 16.5 Å². The van der Waals surface area contributed by atoms with E-state index in [1.165, 1.54) is 5.56 Å². The van der Waals surface area contributed by atoms with E-state index in [9.17, 15) is 4.79 Å². The fourth-order valence-corrected chi connectivity index (χ4v) is 3.22. The number of carbonyl (C=O) groups is 1. The highest BCUT2D eigenvalue weighted by Gasteiger charge is 2.36. The Morgan fingerprint density at radius 1 is 1.38 bits per heavy atom. The monoisotopic (exact) mass is 429 g/mol. The van der Waals surface area contributed by atoms with Crippen molar-refractivity contribution in [3.8, 4) is 0 Å². The van der Waals surface area contributed by atoms with E-state index in [1.807, 2.05) is 25.1 Å². The zero-order valence-corrected chi connectivity index (χ0v) is 17.2. The summed E-state index contributed by atoms with van der Waals surface area (Å²) < 4.78 is 0.744. The smallest absolute Gasteiger partial charge is 0.244 e. The van der Waals surface area contributed by atoms with Crippen molar-refractivity contribution >= 4 is 45.0 Å². The first-order valence-corrected chi connectivity index (χ1v) is 9.61. The molecule has 0 unspecified atom stereocenters. The number of amides is 1. The predicted molar refractivity (Wildman–Crippen MR) is 106 cm³/mol. The van der Waals surface area contributed by atoms with Crippen molar-refractivity contribution in [1.82, 2.24) is 5.32 Å². The van der Waals surface area contributed by atoms with Gasteiger partial charge in [0.15, 0.2) is 0 Å². The predicted octanol–water partition coefficient (Wildman–Crippen LogP) is 6.13. The maximum atomic E-state index is 11.8. The van der Waals surface area contributed by atoms with Crippen molar-refractivity contribution in [3.63, 3.8) is 0 Å². The minimum absolute atomic E-state index is 0.0373. The average Bonchev–Trinajstić information content (AvgIpc) is 3.28. The van der Waals surface area contributed by atoms with Crippen LogP contribution in [-0.2, 0) is 4.79 Å². The molecular weight excluding hydrogens is 409 g/mol. The molecule has 0 bridgehead atoms. The van der Waals surface area contributed by atoms with E-state index >= 15 is 0 Å². The van der Waals surface area contributed by atoms with E-state index in [1.54, 1.807) is 6.08 Å². The molecular formula is C19H22BrCl2NO. The lowest BCUT2D eigenvalue weighted by molar-refractivity contribution is -0.116. The van der Waals surface area contributed by atoms with Crippen molar-refractivity contribution in [2.24, 2.45) is 11.8 Å². The van der Waals surface area contributed by atoms with Crippen molar-refractivity contribution in [2.75, 3.05) is 6.54 Å². The summed E-state index contributed by atoms with van der Waals surface area (Å²) in [6.07, 6.45) is 6.90. The largest absolute Gasteiger partial charge is 0.352 e. The lowest BCUT2D eigenvalue weighted by Crippen LogP contribution is -2.25. The van der Waals surface area contributed by atoms with Crippen LogP contribution in [0.4, 0.5) is 0 Å². The van der Waals surface area contributed by atoms with Gasteiger partial charge in [-0.05, 0) is 70.3 Å². The quantitative estimate of drug-likeness (QED) is 0.328. The molecule has 0 radical (unpaired) electrons. The third kappa shape index (κ3) is 5.65. The number of halogens is 3. The normalized spacial score (nSPS) is 20.7. The Bertz CT molecular complexity index is 659. The van der Waals surface area contributed by atoms with E-state index in [4.69, 9.17) is 23.2 Å². The summed E-state index contributed by atoms with van der Waals surface area (Å²) in [4.78, 5) is 11.8. The van der Waals surface area contributed by atoms with Gasteiger partial charge in [-0.15, -0.1) is 0 Å². The Kier molecular flexibility index (Phi) is 6.97. The molecule has 2 atom stereocenters. The van der Waals surface area contributed by atoms with Gasteiger partial charge in [0.25, 0.3) is 0 Å². The first-order chi connectivity index (χ1) is 11.3. The summed E-state index contributed by atoms with van der Waals surface area (Å²) in [6.45, 7) is 6.79. The maximum absolute atomic E-state index is 11.8. The van der Waals surface area contributed by atoms with Crippen LogP contribution in [0.5, 0.6) is 0 Å². The van der Waals surface area contributed by atoms with Gasteiger partial charge in [-0.1, -0.05) is 49.2 Å². The molecule has 0 saturated heterocycles. The Morgan fingerprint density at radius 3 is 2.58 bits per heavy atom. The first-order valence-electron chi connectivity index (χ1n) is 8.06. The molecule has 1 aromatic carbocycles. The third-order valence-corrected chi connectivity index (χ3v) is 5.83. The van der Waals surface area contributed by atoms with Crippen LogP contribution in [0.3, 0.4) is 0 Å². The molecule has 1 amide bonds. The van der Waals surface area contributed by atoms with Gasteiger partial charge in [0.2, 0.25) is 5.91 Å². The van der Waals surface area contributed by atoms with Crippen LogP contribution < -0.4 is 5.32 Å². The highest BCUT2D eigenvalue weighted by Crippen LogP contribution is 2.50. The number of benzene rings is 1. The minimum Gasteiger partial charge on any atom is -0.352 e. The number of nitrogens with one attached hydrogen (secondary N) is 1. The summed E-state index contributed by atoms with van der Waals surface area (Å²) in [5.74, 6) is 1.34. The van der Waals surface area contributed by atoms with Gasteiger partial charge in [0, 0.05) is 12.6 Å². The third-order valence-electron chi connectivity index (χ3n) is 3.92. The summed E-state index contributed by atoms with van der Waals surface area (Å²) in [5.41, 5.74) is 2.12. The van der Waals surface area contributed by atoms with Gasteiger partial charge in [-0.2, -0.15) is 0 Å². The Balaban J connectivity index is 1.92. The molecule has 0 aliphatic heterocycles. The minimum atomic E-state index is -0.0373. The van der Waals surface area contributed by atoms with Crippen LogP contribution in [0.2, 0.25) is 10.0 Å². The number of hydrogen-bond donors (Lipinski definition) is 1. The number of allylic oxidation sites excluding steroid dienone is 3. The van der Waals surface area contributed by atoms with Crippen molar-refractivity contribution < 1.29 is 4.79 Å². The van der Waals surface area contributed by atoms with Crippen molar-refractivity contribution in [2.45, 2.75) is 33.1 Å². The summed E-state index contributed by atoms with van der Waals surface area (Å²) in [7, 11) is 0. The second-order valence-corrected chi connectivity index (χ2v) is 8.30. The Morgan fingerprint density at radius 2 is 2.00 bits per heavy atom. The second-order valence-electron chi connectivity index (χ2n) is 6.69. The number of hydrogen-bond acceptors (Lipinski definition) is 1. The molecule has 1 saturated carbocycles. The molecule has 1 aliphatic rings. The van der Waals surface area contributed by atoms with Crippen LogP contribution in [0.25, 0.3) is 0 Å². The average molecular weight is 431 g/mol. The van der Waals surface area contributed by atoms with Gasteiger partial charge in [0.05, 0.1) is 14.5 Å². The molecule has 5 heteroatoms. The molecule has 2 nitrogen and oxygen atoms in total. The van der Waals surface area contributed by atoms with Crippen LogP contribution >= 0.6 is 39.1 Å². The van der Waals surface area contributed by atoms with E-state index in [-0.39, 0.29) is 5.91 Å². The standard InChI is InChI=1S/C19H22BrCl2NO/c1-11(2)10-23-18(24)6-12(3)4-5-13-7-15(13)14-8-16(21)19(20)17(22)9-14/h4-6,8-9,11,13,15H,7,10H2,1-3H3,(H,23,24)/t13-,15-/m1/s1. The van der Waals surface area contributed by atoms with E-state index in [2.05, 4.69) is 41.2 Å². The van der Waals surface area contributed by atoms with Crippen LogP contribution in [0.1, 0.15) is 38.7 Å². The zero-order valence-electron chi connectivity index (χ0n) is 14.1. The molecule has 0 heterocycles. The van der Waals surface area contributed by atoms with Crippen LogP contribution in [0, 0.1) is 11.8 Å². The Labute approximate surface area is 162 Å². The molecule has 1 fully saturated rings. The summed E-state index contributed by atoms with van der Waals surface area (Å²) in [6, 6.07) is 3.94. The van der Waals surface area contributed by atoms with Crippen molar-refractivity contribution in [1.29, 1.82) is 0 Å². The topological polar surface area (TPSA) is 29.1 Å². The fraction of sp³-hybridized carbons (Fsp3) is 0.421.